The van der Waals surface area contributed by atoms with Crippen molar-refractivity contribution in [3.63, 3.8) is 0 Å². The van der Waals surface area contributed by atoms with Crippen LogP contribution >= 0.6 is 22.9 Å². The van der Waals surface area contributed by atoms with Crippen LogP contribution in [-0.4, -0.2) is 52.2 Å². The first-order valence-electron chi connectivity index (χ1n) is 14.9. The fourth-order valence-corrected chi connectivity index (χ4v) is 6.36. The number of anilines is 1. The van der Waals surface area contributed by atoms with Gasteiger partial charge in [-0.15, -0.1) is 10.2 Å². The van der Waals surface area contributed by atoms with Gasteiger partial charge in [-0.3, -0.25) is 19.4 Å². The fourth-order valence-electron chi connectivity index (χ4n) is 5.29. The monoisotopic (exact) mass is 610 g/mol. The minimum Gasteiger partial charge on any atom is -0.460 e. The molecular weight excluding hydrogens is 568 g/mol. The number of piperidine rings is 1. The average Bonchev–Trinajstić information content (AvgIpc) is 3.41. The van der Waals surface area contributed by atoms with Gasteiger partial charge in [0, 0.05) is 23.7 Å². The molecule has 0 saturated carbocycles. The van der Waals surface area contributed by atoms with E-state index in [0.717, 1.165) is 61.5 Å². The number of hydrogen-bond donors (Lipinski definition) is 0. The zero-order chi connectivity index (χ0) is 30.4. The van der Waals surface area contributed by atoms with Crippen molar-refractivity contribution in [1.82, 2.24) is 15.1 Å². The highest BCUT2D eigenvalue weighted by atomic mass is 35.5. The molecule has 1 fully saturated rings. The Morgan fingerprint density at radius 3 is 2.38 bits per heavy atom. The van der Waals surface area contributed by atoms with E-state index in [2.05, 4.69) is 48.0 Å². The van der Waals surface area contributed by atoms with Crippen LogP contribution in [0.1, 0.15) is 75.6 Å². The predicted molar refractivity (Wildman–Crippen MR) is 171 cm³/mol. The number of carbonyl (C=O) groups is 2. The van der Waals surface area contributed by atoms with E-state index < -0.39 is 5.60 Å². The van der Waals surface area contributed by atoms with E-state index in [-0.39, 0.29) is 24.2 Å². The number of amides is 1. The van der Waals surface area contributed by atoms with E-state index >= 15 is 0 Å². The second-order valence-corrected chi connectivity index (χ2v) is 13.6. The molecule has 4 rings (SSSR count). The molecule has 2 aromatic carbocycles. The summed E-state index contributed by atoms with van der Waals surface area (Å²) in [5.74, 6) is -0.128. The standard InChI is InChI=1S/C33H43ClN4O3S/c1-7-8-15-38(29(39)20-25-11-9-10-12-28(25)34)32-36-35-30(42-32)26-18-22(2)27(23(3)19-26)21-37-16-13-24(14-17-37)31(40)41-33(4,5)6/h9-12,18-19,24H,7-8,13-17,20-21H2,1-6H3. The summed E-state index contributed by atoms with van der Waals surface area (Å²) in [6.45, 7) is 15.3. The van der Waals surface area contributed by atoms with Crippen molar-refractivity contribution < 1.29 is 14.3 Å². The van der Waals surface area contributed by atoms with Gasteiger partial charge in [-0.25, -0.2) is 0 Å². The third-order valence-corrected chi connectivity index (χ3v) is 9.00. The van der Waals surface area contributed by atoms with Gasteiger partial charge in [0.1, 0.15) is 10.6 Å². The highest BCUT2D eigenvalue weighted by molar-refractivity contribution is 7.18. The molecule has 0 atom stereocenters. The van der Waals surface area contributed by atoms with Crippen molar-refractivity contribution >= 4 is 39.9 Å². The molecule has 1 aliphatic heterocycles. The van der Waals surface area contributed by atoms with Crippen LogP contribution in [0.15, 0.2) is 36.4 Å². The topological polar surface area (TPSA) is 75.6 Å². The number of aryl methyl sites for hydroxylation is 2. The minimum absolute atomic E-state index is 0.0231. The van der Waals surface area contributed by atoms with Crippen molar-refractivity contribution in [3.05, 3.63) is 63.7 Å². The van der Waals surface area contributed by atoms with E-state index in [0.29, 0.717) is 16.7 Å². The van der Waals surface area contributed by atoms with Gasteiger partial charge in [-0.2, -0.15) is 0 Å². The van der Waals surface area contributed by atoms with Crippen molar-refractivity contribution in [3.8, 4) is 10.6 Å². The zero-order valence-corrected chi connectivity index (χ0v) is 27.3. The molecule has 0 radical (unpaired) electrons. The molecule has 226 valence electrons. The Morgan fingerprint density at radius 1 is 1.10 bits per heavy atom. The number of nitrogens with zero attached hydrogens (tertiary/aromatic N) is 4. The van der Waals surface area contributed by atoms with Crippen molar-refractivity contribution in [2.45, 2.75) is 85.8 Å². The molecule has 3 aromatic rings. The SMILES string of the molecule is CCCCN(C(=O)Cc1ccccc1Cl)c1nnc(-c2cc(C)c(CN3CCC(C(=O)OC(C)(C)C)CC3)c(C)c2)s1. The summed E-state index contributed by atoms with van der Waals surface area (Å²) in [7, 11) is 0. The Labute approximate surface area is 259 Å². The van der Waals surface area contributed by atoms with Gasteiger partial charge < -0.3 is 4.74 Å². The van der Waals surface area contributed by atoms with Crippen LogP contribution in [-0.2, 0) is 27.3 Å². The lowest BCUT2D eigenvalue weighted by atomic mass is 9.94. The van der Waals surface area contributed by atoms with Crippen molar-refractivity contribution in [2.24, 2.45) is 5.92 Å². The van der Waals surface area contributed by atoms with Crippen LogP contribution in [0.4, 0.5) is 5.13 Å². The molecule has 9 heteroatoms. The summed E-state index contributed by atoms with van der Waals surface area (Å²) in [6.07, 6.45) is 3.72. The molecule has 7 nitrogen and oxygen atoms in total. The van der Waals surface area contributed by atoms with Gasteiger partial charge in [-0.1, -0.05) is 54.5 Å². The number of benzene rings is 2. The van der Waals surface area contributed by atoms with Gasteiger partial charge in [0.2, 0.25) is 11.0 Å². The maximum absolute atomic E-state index is 13.4. The van der Waals surface area contributed by atoms with Crippen LogP contribution in [0.25, 0.3) is 10.6 Å². The smallest absolute Gasteiger partial charge is 0.309 e. The van der Waals surface area contributed by atoms with Gasteiger partial charge in [0.05, 0.1) is 12.3 Å². The van der Waals surface area contributed by atoms with Crippen LogP contribution < -0.4 is 4.90 Å². The largest absolute Gasteiger partial charge is 0.460 e. The van der Waals surface area contributed by atoms with Gasteiger partial charge in [-0.05, 0) is 107 Å². The molecule has 0 N–H and O–H groups in total. The number of likely N-dealkylation sites (tertiary alicyclic amines) is 1. The quantitative estimate of drug-likeness (QED) is 0.223. The predicted octanol–water partition coefficient (Wildman–Crippen LogP) is 7.40. The number of rotatable bonds is 10. The maximum Gasteiger partial charge on any atom is 0.309 e. The summed E-state index contributed by atoms with van der Waals surface area (Å²) < 4.78 is 5.61. The number of unbranched alkanes of at least 4 members (excludes halogenated alkanes) is 1. The van der Waals surface area contributed by atoms with Gasteiger partial charge in [0.25, 0.3) is 0 Å². The van der Waals surface area contributed by atoms with E-state index in [1.54, 1.807) is 4.90 Å². The number of carbonyl (C=O) groups excluding carboxylic acids is 2. The first kappa shape index (κ1) is 32.1. The third kappa shape index (κ3) is 8.39. The molecule has 0 aliphatic carbocycles. The summed E-state index contributed by atoms with van der Waals surface area (Å²) in [6, 6.07) is 11.8. The van der Waals surface area contributed by atoms with Crippen LogP contribution in [0.5, 0.6) is 0 Å². The molecular formula is C33H43ClN4O3S. The minimum atomic E-state index is -0.447. The molecule has 1 aromatic heterocycles. The molecule has 0 unspecified atom stereocenters. The van der Waals surface area contributed by atoms with E-state index in [4.69, 9.17) is 16.3 Å². The summed E-state index contributed by atoms with van der Waals surface area (Å²) in [5, 5.41) is 10.9. The molecule has 42 heavy (non-hydrogen) atoms. The summed E-state index contributed by atoms with van der Waals surface area (Å²) in [5.41, 5.74) is 5.08. The normalized spacial score (nSPS) is 14.6. The lowest BCUT2D eigenvalue weighted by Crippen LogP contribution is -2.38. The Balaban J connectivity index is 1.44. The van der Waals surface area contributed by atoms with Crippen molar-refractivity contribution in [1.29, 1.82) is 0 Å². The summed E-state index contributed by atoms with van der Waals surface area (Å²) in [4.78, 5) is 30.0. The van der Waals surface area contributed by atoms with E-state index in [1.807, 2.05) is 45.0 Å². The molecule has 0 bridgehead atoms. The Kier molecular flexibility index (Phi) is 10.8. The number of ether oxygens (including phenoxy) is 1. The molecule has 2 heterocycles. The Bertz CT molecular complexity index is 1370. The van der Waals surface area contributed by atoms with E-state index in [1.165, 1.54) is 28.0 Å². The number of hydrogen-bond acceptors (Lipinski definition) is 7. The lowest BCUT2D eigenvalue weighted by molar-refractivity contribution is -0.161. The second kappa shape index (κ2) is 14.1. The Morgan fingerprint density at radius 2 is 1.76 bits per heavy atom. The zero-order valence-electron chi connectivity index (χ0n) is 25.7. The Hall–Kier alpha value is -2.81. The van der Waals surface area contributed by atoms with E-state index in [9.17, 15) is 9.59 Å². The first-order chi connectivity index (χ1) is 19.9. The maximum atomic E-state index is 13.4. The van der Waals surface area contributed by atoms with Crippen molar-refractivity contribution in [2.75, 3.05) is 24.5 Å². The second-order valence-electron chi connectivity index (χ2n) is 12.2. The number of aromatic nitrogens is 2. The third-order valence-electron chi connectivity index (χ3n) is 7.63. The number of esters is 1. The lowest BCUT2D eigenvalue weighted by Gasteiger charge is -2.33. The molecule has 1 aliphatic rings. The fraction of sp³-hybridized carbons (Fsp3) is 0.515. The molecule has 1 amide bonds. The highest BCUT2D eigenvalue weighted by Gasteiger charge is 2.29. The molecule has 0 spiro atoms. The van der Waals surface area contributed by atoms with Crippen LogP contribution in [0.3, 0.4) is 0 Å². The summed E-state index contributed by atoms with van der Waals surface area (Å²) >= 11 is 7.78. The molecule has 1 saturated heterocycles. The van der Waals surface area contributed by atoms with Crippen LogP contribution in [0, 0.1) is 19.8 Å². The average molecular weight is 611 g/mol. The number of halogens is 1. The first-order valence-corrected chi connectivity index (χ1v) is 16.1. The van der Waals surface area contributed by atoms with Gasteiger partial charge in [0.15, 0.2) is 0 Å². The van der Waals surface area contributed by atoms with Crippen LogP contribution in [0.2, 0.25) is 5.02 Å². The van der Waals surface area contributed by atoms with Gasteiger partial charge >= 0.3 is 5.97 Å². The highest BCUT2D eigenvalue weighted by Crippen LogP contribution is 2.33.